The molecule has 2 atom stereocenters. The Labute approximate surface area is 82.4 Å². The van der Waals surface area contributed by atoms with Crippen LogP contribution in [0.1, 0.15) is 19.3 Å². The molecule has 2 aliphatic rings. The molecular weight excluding hydrogens is 184 g/mol. The summed E-state index contributed by atoms with van der Waals surface area (Å²) < 4.78 is 5.29. The van der Waals surface area contributed by atoms with Gasteiger partial charge >= 0.3 is 6.03 Å². The highest BCUT2D eigenvalue weighted by Crippen LogP contribution is 2.27. The number of carbonyl (C=O) groups excluding carboxylic acids is 2. The van der Waals surface area contributed by atoms with Gasteiger partial charge < -0.3 is 9.64 Å². The molecule has 14 heavy (non-hydrogen) atoms. The quantitative estimate of drug-likeness (QED) is 0.640. The van der Waals surface area contributed by atoms with E-state index >= 15 is 0 Å². The predicted octanol–water partition coefficient (Wildman–Crippen LogP) is 0.106. The second kappa shape index (κ2) is 3.57. The van der Waals surface area contributed by atoms with E-state index in [4.69, 9.17) is 4.74 Å². The van der Waals surface area contributed by atoms with Gasteiger partial charge in [0, 0.05) is 7.11 Å². The number of carbonyl (C=O) groups is 2. The van der Waals surface area contributed by atoms with Gasteiger partial charge in [-0.05, 0) is 19.3 Å². The fraction of sp³-hybridized carbons (Fsp3) is 0.778. The monoisotopic (exact) mass is 198 g/mol. The maximum atomic E-state index is 11.4. The Hall–Kier alpha value is -1.10. The van der Waals surface area contributed by atoms with Gasteiger partial charge in [-0.1, -0.05) is 0 Å². The largest absolute Gasteiger partial charge is 0.379 e. The van der Waals surface area contributed by atoms with Gasteiger partial charge in [-0.3, -0.25) is 10.1 Å². The highest BCUT2D eigenvalue weighted by Gasteiger charge is 2.39. The third-order valence-corrected chi connectivity index (χ3v) is 2.94. The van der Waals surface area contributed by atoms with E-state index in [2.05, 4.69) is 5.32 Å². The van der Waals surface area contributed by atoms with E-state index in [9.17, 15) is 9.59 Å². The summed E-state index contributed by atoms with van der Waals surface area (Å²) in [6.45, 7) is 0.184. The minimum atomic E-state index is -0.274. The van der Waals surface area contributed by atoms with Crippen LogP contribution in [0.4, 0.5) is 4.79 Å². The van der Waals surface area contributed by atoms with E-state index in [-0.39, 0.29) is 30.6 Å². The average Bonchev–Trinajstić information content (AvgIpc) is 2.71. The van der Waals surface area contributed by atoms with Crippen LogP contribution in [0.5, 0.6) is 0 Å². The molecule has 1 saturated heterocycles. The van der Waals surface area contributed by atoms with Crippen molar-refractivity contribution in [2.45, 2.75) is 31.4 Å². The summed E-state index contributed by atoms with van der Waals surface area (Å²) in [5.41, 5.74) is 0. The van der Waals surface area contributed by atoms with Gasteiger partial charge in [0.2, 0.25) is 5.91 Å². The maximum absolute atomic E-state index is 11.4. The van der Waals surface area contributed by atoms with E-state index in [1.54, 1.807) is 12.0 Å². The second-order valence-electron chi connectivity index (χ2n) is 3.75. The number of amides is 3. The Bertz CT molecular complexity index is 267. The van der Waals surface area contributed by atoms with Gasteiger partial charge in [0.25, 0.3) is 0 Å². The molecule has 1 N–H and O–H groups in total. The van der Waals surface area contributed by atoms with Crippen LogP contribution >= 0.6 is 0 Å². The van der Waals surface area contributed by atoms with Crippen molar-refractivity contribution in [3.05, 3.63) is 0 Å². The van der Waals surface area contributed by atoms with Crippen LogP contribution < -0.4 is 5.32 Å². The standard InChI is InChI=1S/C9H14N2O3/c1-14-7-4-2-3-6(7)11-5-8(12)10-9(11)13/h6-7H,2-5H2,1H3,(H,10,12,13). The van der Waals surface area contributed by atoms with Crippen molar-refractivity contribution < 1.29 is 14.3 Å². The smallest absolute Gasteiger partial charge is 0.324 e. The number of hydrogen-bond donors (Lipinski definition) is 1. The number of imide groups is 1. The summed E-state index contributed by atoms with van der Waals surface area (Å²) in [5.74, 6) is -0.211. The first kappa shape index (κ1) is 9.45. The van der Waals surface area contributed by atoms with E-state index in [0.29, 0.717) is 0 Å². The zero-order chi connectivity index (χ0) is 10.1. The molecule has 0 aromatic rings. The Balaban J connectivity index is 2.07. The molecule has 0 radical (unpaired) electrons. The SMILES string of the molecule is COC1CCCC1N1CC(=O)NC1=O. The van der Waals surface area contributed by atoms with Crippen molar-refractivity contribution in [3.8, 4) is 0 Å². The first-order valence-corrected chi connectivity index (χ1v) is 4.85. The number of nitrogens with zero attached hydrogens (tertiary/aromatic N) is 1. The van der Waals surface area contributed by atoms with Crippen molar-refractivity contribution in [3.63, 3.8) is 0 Å². The Kier molecular flexibility index (Phi) is 2.41. The minimum Gasteiger partial charge on any atom is -0.379 e. The summed E-state index contributed by atoms with van der Waals surface area (Å²) in [5, 5.41) is 2.28. The van der Waals surface area contributed by atoms with Crippen LogP contribution in [0.2, 0.25) is 0 Å². The fourth-order valence-electron chi connectivity index (χ4n) is 2.26. The van der Waals surface area contributed by atoms with E-state index < -0.39 is 0 Å². The summed E-state index contributed by atoms with van der Waals surface area (Å²) in [6.07, 6.45) is 3.05. The van der Waals surface area contributed by atoms with Crippen LogP contribution in [-0.4, -0.2) is 42.6 Å². The first-order valence-electron chi connectivity index (χ1n) is 4.85. The number of methoxy groups -OCH3 is 1. The molecule has 2 rings (SSSR count). The molecule has 1 saturated carbocycles. The molecule has 0 aromatic heterocycles. The number of nitrogens with one attached hydrogen (secondary N) is 1. The molecule has 3 amide bonds. The van der Waals surface area contributed by atoms with Gasteiger partial charge in [0.1, 0.15) is 6.54 Å². The van der Waals surface area contributed by atoms with E-state index in [0.717, 1.165) is 19.3 Å². The van der Waals surface area contributed by atoms with Crippen molar-refractivity contribution in [1.82, 2.24) is 10.2 Å². The van der Waals surface area contributed by atoms with Crippen molar-refractivity contribution in [1.29, 1.82) is 0 Å². The predicted molar refractivity (Wildman–Crippen MR) is 48.7 cm³/mol. The normalized spacial score (nSPS) is 32.5. The third-order valence-electron chi connectivity index (χ3n) is 2.94. The number of hydrogen-bond acceptors (Lipinski definition) is 3. The first-order chi connectivity index (χ1) is 6.72. The van der Waals surface area contributed by atoms with Gasteiger partial charge in [0.15, 0.2) is 0 Å². The number of ether oxygens (including phenoxy) is 1. The fourth-order valence-corrected chi connectivity index (χ4v) is 2.26. The van der Waals surface area contributed by atoms with Crippen LogP contribution in [0, 0.1) is 0 Å². The molecular formula is C9H14N2O3. The van der Waals surface area contributed by atoms with Gasteiger partial charge in [-0.2, -0.15) is 0 Å². The van der Waals surface area contributed by atoms with E-state index in [1.165, 1.54) is 0 Å². The lowest BCUT2D eigenvalue weighted by Crippen LogP contribution is -2.43. The third kappa shape index (κ3) is 1.48. The molecule has 0 spiro atoms. The van der Waals surface area contributed by atoms with Crippen molar-refractivity contribution in [2.75, 3.05) is 13.7 Å². The number of urea groups is 1. The highest BCUT2D eigenvalue weighted by atomic mass is 16.5. The lowest BCUT2D eigenvalue weighted by atomic mass is 10.2. The molecule has 2 fully saturated rings. The molecule has 5 heteroatoms. The number of rotatable bonds is 2. The van der Waals surface area contributed by atoms with Crippen LogP contribution in [-0.2, 0) is 9.53 Å². The Morgan fingerprint density at radius 1 is 1.43 bits per heavy atom. The van der Waals surface area contributed by atoms with Crippen LogP contribution in [0.25, 0.3) is 0 Å². The molecule has 1 aliphatic heterocycles. The average molecular weight is 198 g/mol. The summed E-state index contributed by atoms with van der Waals surface area (Å²) in [6, 6.07) is -0.199. The van der Waals surface area contributed by atoms with Crippen LogP contribution in [0.3, 0.4) is 0 Å². The topological polar surface area (TPSA) is 58.6 Å². The summed E-state index contributed by atoms with van der Waals surface area (Å²) in [7, 11) is 1.65. The van der Waals surface area contributed by atoms with Gasteiger partial charge in [-0.15, -0.1) is 0 Å². The van der Waals surface area contributed by atoms with Gasteiger partial charge in [-0.25, -0.2) is 4.79 Å². The van der Waals surface area contributed by atoms with Crippen molar-refractivity contribution in [2.24, 2.45) is 0 Å². The summed E-state index contributed by atoms with van der Waals surface area (Å²) in [4.78, 5) is 24.0. The molecule has 0 aromatic carbocycles. The molecule has 0 bridgehead atoms. The Morgan fingerprint density at radius 3 is 2.79 bits per heavy atom. The maximum Gasteiger partial charge on any atom is 0.324 e. The second-order valence-corrected chi connectivity index (χ2v) is 3.75. The lowest BCUT2D eigenvalue weighted by Gasteiger charge is -2.26. The Morgan fingerprint density at radius 2 is 2.21 bits per heavy atom. The molecule has 2 unspecified atom stereocenters. The molecule has 78 valence electrons. The summed E-state index contributed by atoms with van der Waals surface area (Å²) >= 11 is 0. The van der Waals surface area contributed by atoms with E-state index in [1.807, 2.05) is 0 Å². The molecule has 1 heterocycles. The zero-order valence-electron chi connectivity index (χ0n) is 8.16. The zero-order valence-corrected chi connectivity index (χ0v) is 8.16. The highest BCUT2D eigenvalue weighted by molar-refractivity contribution is 6.02. The van der Waals surface area contributed by atoms with Crippen LogP contribution in [0.15, 0.2) is 0 Å². The van der Waals surface area contributed by atoms with Crippen molar-refractivity contribution >= 4 is 11.9 Å². The lowest BCUT2D eigenvalue weighted by molar-refractivity contribution is -0.118. The molecule has 1 aliphatic carbocycles. The molecule has 5 nitrogen and oxygen atoms in total. The van der Waals surface area contributed by atoms with Gasteiger partial charge in [0.05, 0.1) is 12.1 Å². The minimum absolute atomic E-state index is 0.0754.